The molecule has 0 saturated carbocycles. The number of para-hydroxylation sites is 1. The normalized spacial score (nSPS) is 16.5. The molecule has 2 aromatic heterocycles. The molecule has 2 aliphatic heterocycles. The van der Waals surface area contributed by atoms with Crippen LogP contribution in [-0.2, 0) is 4.74 Å². The molecule has 4 heterocycles. The average molecular weight is 445 g/mol. The van der Waals surface area contributed by atoms with Crippen molar-refractivity contribution in [3.05, 3.63) is 72.6 Å². The molecule has 0 aliphatic carbocycles. The van der Waals surface area contributed by atoms with Crippen molar-refractivity contribution in [2.24, 2.45) is 0 Å². The van der Waals surface area contributed by atoms with Crippen molar-refractivity contribution in [3.63, 3.8) is 0 Å². The summed E-state index contributed by atoms with van der Waals surface area (Å²) in [6.45, 7) is 6.48. The van der Waals surface area contributed by atoms with Crippen LogP contribution in [0.15, 0.2) is 67.0 Å². The molecule has 33 heavy (non-hydrogen) atoms. The topological polar surface area (TPSA) is 73.8 Å². The molecule has 1 aromatic carbocycles. The first-order chi connectivity index (χ1) is 16.3. The molecular weight excluding hydrogens is 416 g/mol. The molecule has 1 amide bonds. The van der Waals surface area contributed by atoms with Gasteiger partial charge in [-0.1, -0.05) is 18.2 Å². The largest absolute Gasteiger partial charge is 0.378 e. The molecule has 0 spiro atoms. The molecule has 0 radical (unpaired) electrons. The highest BCUT2D eigenvalue weighted by Gasteiger charge is 2.20. The highest BCUT2D eigenvalue weighted by Crippen LogP contribution is 2.23. The molecule has 8 nitrogen and oxygen atoms in total. The molecule has 8 heteroatoms. The number of ether oxygens (including phenoxy) is 1. The lowest BCUT2D eigenvalue weighted by Gasteiger charge is -2.36. The summed E-state index contributed by atoms with van der Waals surface area (Å²) in [5, 5.41) is 3.00. The Balaban J connectivity index is 1.21. The number of piperazine rings is 1. The zero-order valence-corrected chi connectivity index (χ0v) is 18.6. The predicted molar refractivity (Wildman–Crippen MR) is 130 cm³/mol. The first kappa shape index (κ1) is 21.2. The fourth-order valence-electron chi connectivity index (χ4n) is 4.30. The summed E-state index contributed by atoms with van der Waals surface area (Å²) in [6.07, 6.45) is 3.56. The number of benzene rings is 1. The van der Waals surface area contributed by atoms with Crippen LogP contribution < -0.4 is 20.0 Å². The Morgan fingerprint density at radius 3 is 2.12 bits per heavy atom. The van der Waals surface area contributed by atoms with Crippen LogP contribution in [0.5, 0.6) is 0 Å². The number of pyridine rings is 2. The Labute approximate surface area is 193 Å². The van der Waals surface area contributed by atoms with Gasteiger partial charge in [-0.2, -0.15) is 0 Å². The van der Waals surface area contributed by atoms with Crippen molar-refractivity contribution < 1.29 is 9.53 Å². The van der Waals surface area contributed by atoms with E-state index in [1.165, 1.54) is 0 Å². The van der Waals surface area contributed by atoms with Gasteiger partial charge in [-0.3, -0.25) is 4.79 Å². The quantitative estimate of drug-likeness (QED) is 0.649. The van der Waals surface area contributed by atoms with Gasteiger partial charge in [0.1, 0.15) is 11.6 Å². The minimum atomic E-state index is -0.129. The van der Waals surface area contributed by atoms with E-state index >= 15 is 0 Å². The lowest BCUT2D eigenvalue weighted by Crippen LogP contribution is -2.47. The minimum absolute atomic E-state index is 0.129. The average Bonchev–Trinajstić information content (AvgIpc) is 2.90. The molecular formula is C25H28N6O2. The van der Waals surface area contributed by atoms with E-state index in [9.17, 15) is 4.79 Å². The van der Waals surface area contributed by atoms with E-state index in [0.29, 0.717) is 24.5 Å². The van der Waals surface area contributed by atoms with Gasteiger partial charge in [0.25, 0.3) is 5.91 Å². The maximum absolute atomic E-state index is 13.0. The molecule has 1 N–H and O–H groups in total. The second-order valence-corrected chi connectivity index (χ2v) is 8.14. The number of hydrogen-bond acceptors (Lipinski definition) is 7. The number of amides is 1. The third-order valence-electron chi connectivity index (χ3n) is 6.08. The van der Waals surface area contributed by atoms with Gasteiger partial charge < -0.3 is 24.8 Å². The van der Waals surface area contributed by atoms with Crippen molar-refractivity contribution in [2.75, 3.05) is 72.5 Å². The number of carbonyl (C=O) groups is 1. The predicted octanol–water partition coefficient (Wildman–Crippen LogP) is 2.89. The molecule has 5 rings (SSSR count). The standard InChI is InChI=1S/C25H28N6O2/c32-25(21-5-1-2-6-22(21)29-15-17-33-18-16-29)28-20-8-9-24(27-19-20)31-13-11-30(12-14-31)23-7-3-4-10-26-23/h1-10,19H,11-18H2,(H,28,32). The summed E-state index contributed by atoms with van der Waals surface area (Å²) < 4.78 is 5.45. The Morgan fingerprint density at radius 1 is 0.758 bits per heavy atom. The van der Waals surface area contributed by atoms with Crippen LogP contribution in [0.2, 0.25) is 0 Å². The Bertz CT molecular complexity index is 1060. The van der Waals surface area contributed by atoms with Crippen LogP contribution in [-0.4, -0.2) is 68.4 Å². The highest BCUT2D eigenvalue weighted by molar-refractivity contribution is 6.08. The zero-order chi connectivity index (χ0) is 22.5. The smallest absolute Gasteiger partial charge is 0.257 e. The van der Waals surface area contributed by atoms with Gasteiger partial charge in [-0.05, 0) is 36.4 Å². The first-order valence-electron chi connectivity index (χ1n) is 11.4. The van der Waals surface area contributed by atoms with Gasteiger partial charge in [0.2, 0.25) is 0 Å². The van der Waals surface area contributed by atoms with Crippen molar-refractivity contribution in [1.29, 1.82) is 0 Å². The molecule has 0 atom stereocenters. The highest BCUT2D eigenvalue weighted by atomic mass is 16.5. The molecule has 2 fully saturated rings. The zero-order valence-electron chi connectivity index (χ0n) is 18.6. The molecule has 0 unspecified atom stereocenters. The maximum Gasteiger partial charge on any atom is 0.257 e. The number of morpholine rings is 1. The van der Waals surface area contributed by atoms with E-state index < -0.39 is 0 Å². The number of carbonyl (C=O) groups excluding carboxylic acids is 1. The SMILES string of the molecule is O=C(Nc1ccc(N2CCN(c3ccccn3)CC2)nc1)c1ccccc1N1CCOCC1. The van der Waals surface area contributed by atoms with Crippen molar-refractivity contribution in [2.45, 2.75) is 0 Å². The third-order valence-corrected chi connectivity index (χ3v) is 6.08. The van der Waals surface area contributed by atoms with E-state index in [1.54, 1.807) is 6.20 Å². The van der Waals surface area contributed by atoms with Crippen LogP contribution in [0.25, 0.3) is 0 Å². The number of aromatic nitrogens is 2. The number of hydrogen-bond donors (Lipinski definition) is 1. The molecule has 170 valence electrons. The van der Waals surface area contributed by atoms with Gasteiger partial charge in [-0.25, -0.2) is 9.97 Å². The van der Waals surface area contributed by atoms with Crippen LogP contribution in [0.3, 0.4) is 0 Å². The second-order valence-electron chi connectivity index (χ2n) is 8.14. The molecule has 3 aromatic rings. The van der Waals surface area contributed by atoms with E-state index in [-0.39, 0.29) is 5.91 Å². The van der Waals surface area contributed by atoms with Gasteiger partial charge in [0, 0.05) is 51.2 Å². The summed E-state index contributed by atoms with van der Waals surface area (Å²) in [6, 6.07) is 17.6. The fraction of sp³-hybridized carbons (Fsp3) is 0.320. The van der Waals surface area contributed by atoms with E-state index in [0.717, 1.165) is 56.6 Å². The number of anilines is 4. The number of nitrogens with one attached hydrogen (secondary N) is 1. The van der Waals surface area contributed by atoms with Gasteiger partial charge in [0.05, 0.1) is 30.7 Å². The Kier molecular flexibility index (Phi) is 6.34. The summed E-state index contributed by atoms with van der Waals surface area (Å²) in [5.74, 6) is 1.80. The molecule has 2 saturated heterocycles. The van der Waals surface area contributed by atoms with Crippen molar-refractivity contribution in [3.8, 4) is 0 Å². The second kappa shape index (κ2) is 9.87. The fourth-order valence-corrected chi connectivity index (χ4v) is 4.30. The Morgan fingerprint density at radius 2 is 1.45 bits per heavy atom. The summed E-state index contributed by atoms with van der Waals surface area (Å²) >= 11 is 0. The van der Waals surface area contributed by atoms with Gasteiger partial charge in [-0.15, -0.1) is 0 Å². The minimum Gasteiger partial charge on any atom is -0.378 e. The van der Waals surface area contributed by atoms with E-state index in [4.69, 9.17) is 4.74 Å². The lowest BCUT2D eigenvalue weighted by molar-refractivity contribution is 0.102. The van der Waals surface area contributed by atoms with Crippen LogP contribution in [0.1, 0.15) is 10.4 Å². The summed E-state index contributed by atoms with van der Waals surface area (Å²) in [4.78, 5) is 28.8. The van der Waals surface area contributed by atoms with Crippen molar-refractivity contribution in [1.82, 2.24) is 9.97 Å². The number of nitrogens with zero attached hydrogens (tertiary/aromatic N) is 5. The maximum atomic E-state index is 13.0. The van der Waals surface area contributed by atoms with Crippen LogP contribution in [0.4, 0.5) is 23.0 Å². The van der Waals surface area contributed by atoms with E-state index in [2.05, 4.69) is 30.0 Å². The summed E-state index contributed by atoms with van der Waals surface area (Å²) in [5.41, 5.74) is 2.29. The lowest BCUT2D eigenvalue weighted by atomic mass is 10.1. The third kappa shape index (κ3) is 4.90. The first-order valence-corrected chi connectivity index (χ1v) is 11.4. The Hall–Kier alpha value is -3.65. The van der Waals surface area contributed by atoms with E-state index in [1.807, 2.05) is 60.8 Å². The molecule has 2 aliphatic rings. The van der Waals surface area contributed by atoms with Crippen LogP contribution >= 0.6 is 0 Å². The van der Waals surface area contributed by atoms with Gasteiger partial charge in [0.15, 0.2) is 0 Å². The monoisotopic (exact) mass is 444 g/mol. The molecule has 0 bridgehead atoms. The van der Waals surface area contributed by atoms with Crippen LogP contribution in [0, 0.1) is 0 Å². The van der Waals surface area contributed by atoms with Crippen molar-refractivity contribution >= 4 is 28.9 Å². The summed E-state index contributed by atoms with van der Waals surface area (Å²) in [7, 11) is 0. The van der Waals surface area contributed by atoms with Gasteiger partial charge >= 0.3 is 0 Å². The number of rotatable bonds is 5.